The largest absolute Gasteiger partial charge is 0.333 e. The van der Waals surface area contributed by atoms with Crippen LogP contribution in [0.5, 0.6) is 0 Å². The first-order valence-electron chi connectivity index (χ1n) is 7.61. The average molecular weight is 360 g/mol. The number of rotatable bonds is 4. The Morgan fingerprint density at radius 2 is 1.91 bits per heavy atom. The maximum atomic E-state index is 12.5. The molecule has 1 aliphatic heterocycles. The third-order valence-electron chi connectivity index (χ3n) is 4.07. The van der Waals surface area contributed by atoms with Crippen LogP contribution < -0.4 is 10.0 Å². The van der Waals surface area contributed by atoms with Gasteiger partial charge in [-0.3, -0.25) is 4.79 Å². The fourth-order valence-corrected chi connectivity index (χ4v) is 3.88. The van der Waals surface area contributed by atoms with Crippen LogP contribution in [0.25, 0.3) is 0 Å². The number of hydrogen-bond donors (Lipinski definition) is 2. The highest BCUT2D eigenvalue weighted by Crippen LogP contribution is 2.22. The number of nitrogens with one attached hydrogen (secondary N) is 2. The zero-order chi connectivity index (χ0) is 15.7. The van der Waals surface area contributed by atoms with E-state index < -0.39 is 10.0 Å². The zero-order valence-corrected chi connectivity index (χ0v) is 14.6. The number of benzene rings is 1. The van der Waals surface area contributed by atoms with Gasteiger partial charge in [0.05, 0.1) is 4.90 Å². The first kappa shape index (κ1) is 18.2. The average Bonchev–Trinajstić information content (AvgIpc) is 3.30. The van der Waals surface area contributed by atoms with Gasteiger partial charge in [0, 0.05) is 37.3 Å². The van der Waals surface area contributed by atoms with Gasteiger partial charge in [0.15, 0.2) is 0 Å². The Morgan fingerprint density at radius 3 is 2.48 bits per heavy atom. The Balaban J connectivity index is 0.00000192. The molecule has 1 atom stereocenters. The monoisotopic (exact) mass is 359 g/mol. The molecule has 6 nitrogen and oxygen atoms in total. The number of carbonyl (C=O) groups excluding carboxylic acids is 1. The molecule has 1 saturated heterocycles. The van der Waals surface area contributed by atoms with Crippen LogP contribution >= 0.6 is 12.4 Å². The summed E-state index contributed by atoms with van der Waals surface area (Å²) < 4.78 is 26.8. The molecule has 1 amide bonds. The number of amides is 1. The van der Waals surface area contributed by atoms with Crippen molar-refractivity contribution in [3.63, 3.8) is 0 Å². The van der Waals surface area contributed by atoms with E-state index in [4.69, 9.17) is 0 Å². The van der Waals surface area contributed by atoms with Gasteiger partial charge in [0.1, 0.15) is 0 Å². The van der Waals surface area contributed by atoms with Crippen LogP contribution in [0.4, 0.5) is 0 Å². The van der Waals surface area contributed by atoms with E-state index in [0.29, 0.717) is 12.1 Å². The third-order valence-corrected chi connectivity index (χ3v) is 5.61. The molecule has 128 valence electrons. The normalized spacial score (nSPS) is 21.6. The summed E-state index contributed by atoms with van der Waals surface area (Å²) in [5.74, 6) is -0.0481. The smallest absolute Gasteiger partial charge is 0.254 e. The van der Waals surface area contributed by atoms with E-state index in [1.807, 2.05) is 11.8 Å². The van der Waals surface area contributed by atoms with E-state index in [9.17, 15) is 13.2 Å². The SMILES string of the molecule is CC1CNCCN1C(=O)c1ccc(S(=O)(=O)NC2CC2)cc1.Cl. The van der Waals surface area contributed by atoms with Gasteiger partial charge < -0.3 is 10.2 Å². The molecular weight excluding hydrogens is 338 g/mol. The van der Waals surface area contributed by atoms with Crippen LogP contribution in [0, 0.1) is 0 Å². The molecule has 2 aliphatic rings. The number of sulfonamides is 1. The predicted octanol–water partition coefficient (Wildman–Crippen LogP) is 0.983. The lowest BCUT2D eigenvalue weighted by molar-refractivity contribution is 0.0655. The Morgan fingerprint density at radius 1 is 1.26 bits per heavy atom. The van der Waals surface area contributed by atoms with Crippen molar-refractivity contribution >= 4 is 28.3 Å². The summed E-state index contributed by atoms with van der Waals surface area (Å²) in [6, 6.07) is 6.42. The molecule has 1 aliphatic carbocycles. The molecule has 1 unspecified atom stereocenters. The third kappa shape index (κ3) is 4.23. The van der Waals surface area contributed by atoms with Crippen LogP contribution in [-0.2, 0) is 10.0 Å². The van der Waals surface area contributed by atoms with E-state index in [1.165, 1.54) is 12.1 Å². The van der Waals surface area contributed by atoms with E-state index in [-0.39, 0.29) is 35.3 Å². The fourth-order valence-electron chi connectivity index (χ4n) is 2.57. The van der Waals surface area contributed by atoms with Gasteiger partial charge in [0.2, 0.25) is 10.0 Å². The van der Waals surface area contributed by atoms with Gasteiger partial charge in [-0.25, -0.2) is 13.1 Å². The molecule has 2 N–H and O–H groups in total. The highest BCUT2D eigenvalue weighted by atomic mass is 35.5. The van der Waals surface area contributed by atoms with Crippen LogP contribution in [0.3, 0.4) is 0 Å². The van der Waals surface area contributed by atoms with Crippen LogP contribution in [0.2, 0.25) is 0 Å². The lowest BCUT2D eigenvalue weighted by atomic mass is 10.1. The van der Waals surface area contributed by atoms with Crippen LogP contribution in [0.1, 0.15) is 30.1 Å². The molecular formula is C15H22ClN3O3S. The van der Waals surface area contributed by atoms with E-state index in [2.05, 4.69) is 10.0 Å². The Hall–Kier alpha value is -1.15. The van der Waals surface area contributed by atoms with Crippen molar-refractivity contribution < 1.29 is 13.2 Å². The molecule has 3 rings (SSSR count). The van der Waals surface area contributed by atoms with Crippen molar-refractivity contribution in [1.29, 1.82) is 0 Å². The minimum Gasteiger partial charge on any atom is -0.333 e. The lowest BCUT2D eigenvalue weighted by Crippen LogP contribution is -2.52. The highest BCUT2D eigenvalue weighted by Gasteiger charge is 2.28. The second kappa shape index (κ2) is 7.17. The van der Waals surface area contributed by atoms with E-state index in [1.54, 1.807) is 12.1 Å². The van der Waals surface area contributed by atoms with E-state index in [0.717, 1.165) is 25.9 Å². The first-order chi connectivity index (χ1) is 10.5. The van der Waals surface area contributed by atoms with E-state index >= 15 is 0 Å². The van der Waals surface area contributed by atoms with Crippen LogP contribution in [-0.4, -0.2) is 50.9 Å². The zero-order valence-electron chi connectivity index (χ0n) is 13.0. The van der Waals surface area contributed by atoms with Gasteiger partial charge in [-0.2, -0.15) is 0 Å². The van der Waals surface area contributed by atoms with Crippen molar-refractivity contribution in [1.82, 2.24) is 14.9 Å². The molecule has 0 bridgehead atoms. The van der Waals surface area contributed by atoms with Crippen molar-refractivity contribution in [2.45, 2.75) is 36.7 Å². The van der Waals surface area contributed by atoms with Crippen molar-refractivity contribution in [3.05, 3.63) is 29.8 Å². The highest BCUT2D eigenvalue weighted by molar-refractivity contribution is 7.89. The standard InChI is InChI=1S/C15H21N3O3S.ClH/c1-11-10-16-8-9-18(11)15(19)12-2-6-14(7-3-12)22(20,21)17-13-4-5-13;/h2-3,6-7,11,13,16-17H,4-5,8-10H2,1H3;1H. The summed E-state index contributed by atoms with van der Waals surface area (Å²) in [7, 11) is -3.46. The summed E-state index contributed by atoms with van der Waals surface area (Å²) in [6.07, 6.45) is 1.80. The van der Waals surface area contributed by atoms with Crippen molar-refractivity contribution in [2.75, 3.05) is 19.6 Å². The molecule has 8 heteroatoms. The van der Waals surface area contributed by atoms with Crippen molar-refractivity contribution in [2.24, 2.45) is 0 Å². The number of hydrogen-bond acceptors (Lipinski definition) is 4. The second-order valence-electron chi connectivity index (χ2n) is 5.97. The fraction of sp³-hybridized carbons (Fsp3) is 0.533. The topological polar surface area (TPSA) is 78.5 Å². The summed E-state index contributed by atoms with van der Waals surface area (Å²) in [4.78, 5) is 14.5. The molecule has 0 spiro atoms. The molecule has 0 radical (unpaired) electrons. The molecule has 1 saturated carbocycles. The molecule has 23 heavy (non-hydrogen) atoms. The lowest BCUT2D eigenvalue weighted by Gasteiger charge is -2.34. The quantitative estimate of drug-likeness (QED) is 0.840. The van der Waals surface area contributed by atoms with Gasteiger partial charge in [-0.15, -0.1) is 12.4 Å². The Bertz CT molecular complexity index is 659. The van der Waals surface area contributed by atoms with Crippen molar-refractivity contribution in [3.8, 4) is 0 Å². The Labute approximate surface area is 143 Å². The number of piperazine rings is 1. The first-order valence-corrected chi connectivity index (χ1v) is 9.10. The number of nitrogens with zero attached hydrogens (tertiary/aromatic N) is 1. The summed E-state index contributed by atoms with van der Waals surface area (Å²) in [6.45, 7) is 4.24. The van der Waals surface area contributed by atoms with Gasteiger partial charge in [-0.05, 0) is 44.0 Å². The van der Waals surface area contributed by atoms with Gasteiger partial charge in [-0.1, -0.05) is 0 Å². The van der Waals surface area contributed by atoms with Gasteiger partial charge >= 0.3 is 0 Å². The maximum Gasteiger partial charge on any atom is 0.254 e. The number of carbonyl (C=O) groups is 1. The minimum absolute atomic E-state index is 0. The molecule has 2 fully saturated rings. The molecule has 0 aromatic heterocycles. The molecule has 1 aromatic rings. The number of halogens is 1. The minimum atomic E-state index is -3.46. The maximum absolute atomic E-state index is 12.5. The molecule has 1 heterocycles. The summed E-state index contributed by atoms with van der Waals surface area (Å²) in [5.41, 5.74) is 0.527. The van der Waals surface area contributed by atoms with Crippen LogP contribution in [0.15, 0.2) is 29.2 Å². The summed E-state index contributed by atoms with van der Waals surface area (Å²) in [5, 5.41) is 3.24. The summed E-state index contributed by atoms with van der Waals surface area (Å²) >= 11 is 0. The van der Waals surface area contributed by atoms with Gasteiger partial charge in [0.25, 0.3) is 5.91 Å². The second-order valence-corrected chi connectivity index (χ2v) is 7.69. The molecule has 1 aromatic carbocycles. The Kier molecular flexibility index (Phi) is 5.67. The predicted molar refractivity (Wildman–Crippen MR) is 90.4 cm³/mol.